The Kier molecular flexibility index (Phi) is 44.1. The molecule has 5 unspecified atom stereocenters. The van der Waals surface area contributed by atoms with Gasteiger partial charge in [0, 0.05) is 201 Å². The molecule has 9 heterocycles. The minimum absolute atomic E-state index is 0.519. The molecule has 10 aliphatic rings. The summed E-state index contributed by atoms with van der Waals surface area (Å²) in [5.74, 6) is 0. The first kappa shape index (κ1) is 87.3. The lowest BCUT2D eigenvalue weighted by molar-refractivity contribution is 0.207. The Hall–Kier alpha value is -0.810. The van der Waals surface area contributed by atoms with Gasteiger partial charge in [-0.1, -0.05) is 27.7 Å². The standard InChI is InChI=1S/C11H22N2.3C9H20N2.C8H18N2.3C7H14FN.C7H16N2/c1-9(2)13-7-6-11(8-13)12(3)10-4-5-10;3*1-8(2)11-6-5-9(7-11)10(3)4;1-7(2)9-8-4-5-10(3)6-8;3*1-6(2)9-4-3-7(8)5-9;1-6(2)9-7-3-4-8-5-7/h9-11H,4-8H2,1-3H3;3*8-9H,5-7H2,1-4H3;7-9H,4-6H2,1-3H3;3*6-7H,3-5H2,1-2H3;6-9H,3-5H2,1-2H3/t;2*9-;;;2*7-;;/m.10..10../s1. The Morgan fingerprint density at radius 1 is 0.315 bits per heavy atom. The van der Waals surface area contributed by atoms with E-state index in [0.717, 1.165) is 112 Å². The van der Waals surface area contributed by atoms with E-state index in [9.17, 15) is 13.2 Å². The summed E-state index contributed by atoms with van der Waals surface area (Å²) >= 11 is 0. The SMILES string of the molecule is CC(C)N1CCC(F)C1.CC(C)N1CCC(N(C)C)C1.CC(C)N1CCC(N(C)C2CC2)C1.CC(C)N1CC[C@@H](F)C1.CC(C)N1CC[C@@H](N(C)C)C1.CC(C)N1CC[C@H](F)C1.CC(C)N1CC[C@H](N(C)C)C1.CC(C)NC1CCN(C)C1.CC(C)NC1CCNC1. The minimum Gasteiger partial charge on any atom is -0.315 e. The molecule has 0 aromatic heterocycles. The fourth-order valence-corrected chi connectivity index (χ4v) is 13.8. The molecule has 18 heteroatoms. The van der Waals surface area contributed by atoms with E-state index in [1.165, 1.54) is 123 Å². The van der Waals surface area contributed by atoms with Gasteiger partial charge in [-0.3, -0.25) is 39.2 Å². The van der Waals surface area contributed by atoms with E-state index in [1.54, 1.807) is 0 Å². The smallest absolute Gasteiger partial charge is 0.114 e. The van der Waals surface area contributed by atoms with Gasteiger partial charge in [-0.2, -0.15) is 0 Å². The van der Waals surface area contributed by atoms with Gasteiger partial charge in [0.05, 0.1) is 0 Å². The van der Waals surface area contributed by atoms with E-state index in [-0.39, 0.29) is 0 Å². The predicted molar refractivity (Wildman–Crippen MR) is 395 cm³/mol. The maximum absolute atomic E-state index is 12.5. The van der Waals surface area contributed by atoms with Crippen LogP contribution in [0.4, 0.5) is 13.2 Å². The summed E-state index contributed by atoms with van der Waals surface area (Å²) in [6.07, 6.45) is 11.4. The van der Waals surface area contributed by atoms with Crippen LogP contribution in [0.25, 0.3) is 0 Å². The first-order valence-corrected chi connectivity index (χ1v) is 37.8. The molecule has 3 N–H and O–H groups in total. The van der Waals surface area contributed by atoms with Crippen LogP contribution in [0.5, 0.6) is 0 Å². The van der Waals surface area contributed by atoms with Gasteiger partial charge in [-0.15, -0.1) is 0 Å². The topological polar surface area (TPSA) is 75.0 Å². The first-order valence-electron chi connectivity index (χ1n) is 37.8. The Bertz CT molecular complexity index is 1610. The maximum atomic E-state index is 12.5. The second-order valence-corrected chi connectivity index (χ2v) is 32.4. The summed E-state index contributed by atoms with van der Waals surface area (Å²) in [6, 6.07) is 11.3. The summed E-state index contributed by atoms with van der Waals surface area (Å²) < 4.78 is 37.5. The molecule has 0 aromatic rings. The van der Waals surface area contributed by atoms with Gasteiger partial charge in [-0.25, -0.2) is 13.2 Å². The number of halogens is 3. The molecule has 0 spiro atoms. The van der Waals surface area contributed by atoms with Gasteiger partial charge in [0.15, 0.2) is 0 Å². The second kappa shape index (κ2) is 46.5. The zero-order valence-electron chi connectivity index (χ0n) is 65.5. The van der Waals surface area contributed by atoms with Gasteiger partial charge in [0.1, 0.15) is 18.5 Å². The molecule has 0 amide bonds. The van der Waals surface area contributed by atoms with Crippen molar-refractivity contribution in [3.8, 4) is 0 Å². The van der Waals surface area contributed by atoms with Crippen LogP contribution in [0.3, 0.4) is 0 Å². The lowest BCUT2D eigenvalue weighted by Gasteiger charge is -2.25. The Morgan fingerprint density at radius 2 is 0.598 bits per heavy atom. The number of rotatable bonds is 16. The molecule has 9 saturated heterocycles. The van der Waals surface area contributed by atoms with Gasteiger partial charge >= 0.3 is 0 Å². The normalized spacial score (nSPS) is 28.7. The number of nitrogens with zero attached hydrogens (tertiary/aromatic N) is 12. The van der Waals surface area contributed by atoms with Crippen LogP contribution in [0.15, 0.2) is 0 Å². The Morgan fingerprint density at radius 3 is 0.793 bits per heavy atom. The second-order valence-electron chi connectivity index (χ2n) is 32.4. The van der Waals surface area contributed by atoms with Crippen LogP contribution >= 0.6 is 0 Å². The van der Waals surface area contributed by atoms with Crippen LogP contribution in [0.2, 0.25) is 0 Å². The fraction of sp³-hybridized carbons (Fsp3) is 1.00. The van der Waals surface area contributed by atoms with Crippen molar-refractivity contribution in [3.63, 3.8) is 0 Å². The quantitative estimate of drug-likeness (QED) is 0.137. The minimum atomic E-state index is -0.563. The van der Waals surface area contributed by atoms with E-state index in [0.29, 0.717) is 49.8 Å². The van der Waals surface area contributed by atoms with Crippen molar-refractivity contribution in [2.45, 2.75) is 310 Å². The number of likely N-dealkylation sites (N-methyl/N-ethyl adjacent to an activating group) is 5. The zero-order valence-corrected chi connectivity index (χ0v) is 65.5. The summed E-state index contributed by atoms with van der Waals surface area (Å²) in [7, 11) is 17.5. The monoisotopic (exact) mass is 1310 g/mol. The third-order valence-electron chi connectivity index (χ3n) is 20.9. The number of alkyl halides is 3. The molecule has 0 bridgehead atoms. The molecule has 10 rings (SSSR count). The highest BCUT2D eigenvalue weighted by molar-refractivity contribution is 4.92. The van der Waals surface area contributed by atoms with Gasteiger partial charge < -0.3 is 35.6 Å². The van der Waals surface area contributed by atoms with Gasteiger partial charge in [0.25, 0.3) is 0 Å². The molecule has 1 aliphatic carbocycles. The first-order chi connectivity index (χ1) is 43.1. The number of hydrogen-bond donors (Lipinski definition) is 3. The fourth-order valence-electron chi connectivity index (χ4n) is 13.8. The molecule has 1 saturated carbocycles. The van der Waals surface area contributed by atoms with Crippen molar-refractivity contribution in [1.29, 1.82) is 0 Å². The van der Waals surface area contributed by atoms with Crippen molar-refractivity contribution in [2.24, 2.45) is 0 Å². The Labute approximate surface area is 570 Å². The van der Waals surface area contributed by atoms with Crippen molar-refractivity contribution in [2.75, 3.05) is 174 Å². The molecule has 15 nitrogen and oxygen atoms in total. The van der Waals surface area contributed by atoms with Crippen LogP contribution in [0.1, 0.15) is 195 Å². The summed E-state index contributed by atoms with van der Waals surface area (Å²) in [4.78, 5) is 28.7. The average Bonchev–Trinajstić information content (AvgIpc) is 1.82. The summed E-state index contributed by atoms with van der Waals surface area (Å²) in [5, 5.41) is 10.3. The molecule has 0 aromatic carbocycles. The Balaban J connectivity index is 0.000000353. The number of hydrogen-bond acceptors (Lipinski definition) is 15. The van der Waals surface area contributed by atoms with Gasteiger partial charge in [0.2, 0.25) is 0 Å². The third kappa shape index (κ3) is 36.9. The molecule has 92 heavy (non-hydrogen) atoms. The molecule has 550 valence electrons. The molecule has 9 aliphatic heterocycles. The third-order valence-corrected chi connectivity index (χ3v) is 20.9. The lowest BCUT2D eigenvalue weighted by atomic mass is 10.2. The lowest BCUT2D eigenvalue weighted by Crippen LogP contribution is -2.37. The molecular formula is C74H158F3N15. The van der Waals surface area contributed by atoms with Crippen LogP contribution in [-0.4, -0.2) is 348 Å². The van der Waals surface area contributed by atoms with Crippen LogP contribution < -0.4 is 16.0 Å². The molecular weight excluding hydrogens is 1160 g/mol. The zero-order chi connectivity index (χ0) is 69.5. The van der Waals surface area contributed by atoms with E-state index in [1.807, 2.05) is 0 Å². The van der Waals surface area contributed by atoms with Crippen LogP contribution in [0, 0.1) is 0 Å². The van der Waals surface area contributed by atoms with E-state index < -0.39 is 18.5 Å². The highest BCUT2D eigenvalue weighted by Crippen LogP contribution is 2.30. The summed E-state index contributed by atoms with van der Waals surface area (Å²) in [6.45, 7) is 59.5. The summed E-state index contributed by atoms with van der Waals surface area (Å²) in [5.41, 5.74) is 0. The van der Waals surface area contributed by atoms with Crippen molar-refractivity contribution in [1.82, 2.24) is 74.7 Å². The van der Waals surface area contributed by atoms with E-state index in [2.05, 4.69) is 256 Å². The maximum Gasteiger partial charge on any atom is 0.114 e. The average molecular weight is 1320 g/mol. The highest BCUT2D eigenvalue weighted by atomic mass is 19.1. The number of nitrogens with one attached hydrogen (secondary N) is 3. The molecule has 10 fully saturated rings. The van der Waals surface area contributed by atoms with E-state index in [4.69, 9.17) is 0 Å². The molecule has 0 radical (unpaired) electrons. The predicted octanol–water partition coefficient (Wildman–Crippen LogP) is 10.0. The number of likely N-dealkylation sites (tertiary alicyclic amines) is 8. The van der Waals surface area contributed by atoms with E-state index >= 15 is 0 Å². The largest absolute Gasteiger partial charge is 0.315 e. The van der Waals surface area contributed by atoms with Crippen molar-refractivity contribution < 1.29 is 13.2 Å². The van der Waals surface area contributed by atoms with Gasteiger partial charge in [-0.05, 0) is 237 Å². The van der Waals surface area contributed by atoms with Crippen LogP contribution in [-0.2, 0) is 0 Å². The highest BCUT2D eigenvalue weighted by Gasteiger charge is 2.35. The van der Waals surface area contributed by atoms with Crippen molar-refractivity contribution >= 4 is 0 Å². The van der Waals surface area contributed by atoms with Crippen molar-refractivity contribution in [3.05, 3.63) is 0 Å². The molecule has 9 atom stereocenters.